The average Bonchev–Trinajstić information content (AvgIpc) is 3.00. The zero-order valence-electron chi connectivity index (χ0n) is 14.7. The maximum absolute atomic E-state index is 14.0. The van der Waals surface area contributed by atoms with Gasteiger partial charge in [-0.3, -0.25) is 4.90 Å². The molecule has 5 unspecified atom stereocenters. The molecule has 3 saturated heterocycles. The molecule has 3 aliphatic heterocycles. The molecular weight excluding hydrogens is 324 g/mol. The Balaban J connectivity index is 1.41. The molecule has 4 rings (SSSR count). The highest BCUT2D eigenvalue weighted by atomic mass is 19.1. The zero-order chi connectivity index (χ0) is 17.6. The highest BCUT2D eigenvalue weighted by molar-refractivity contribution is 5.23. The fraction of sp³-hybridized carbons (Fsp3) is 0.684. The van der Waals surface area contributed by atoms with Crippen LogP contribution in [0.2, 0.25) is 0 Å². The Morgan fingerprint density at radius 3 is 2.76 bits per heavy atom. The van der Waals surface area contributed by atoms with Gasteiger partial charge in [0.1, 0.15) is 17.7 Å². The molecule has 0 bridgehead atoms. The Morgan fingerprint density at radius 1 is 1.16 bits per heavy atom. The van der Waals surface area contributed by atoms with Crippen LogP contribution in [-0.4, -0.2) is 61.7 Å². The molecule has 3 aliphatic rings. The van der Waals surface area contributed by atoms with Crippen LogP contribution < -0.4 is 5.73 Å². The fourth-order valence-corrected chi connectivity index (χ4v) is 4.84. The van der Waals surface area contributed by atoms with Gasteiger partial charge in [-0.25, -0.2) is 8.78 Å². The minimum Gasteiger partial charge on any atom is -0.370 e. The van der Waals surface area contributed by atoms with Crippen LogP contribution in [0.4, 0.5) is 8.78 Å². The van der Waals surface area contributed by atoms with Gasteiger partial charge < -0.3 is 15.4 Å². The first-order valence-corrected chi connectivity index (χ1v) is 9.26. The van der Waals surface area contributed by atoms with E-state index in [-0.39, 0.29) is 17.6 Å². The number of nitrogens with two attached hydrogens (primary N) is 1. The van der Waals surface area contributed by atoms with Crippen LogP contribution in [0.25, 0.3) is 0 Å². The third-order valence-corrected chi connectivity index (χ3v) is 6.21. The molecule has 0 aromatic heterocycles. The van der Waals surface area contributed by atoms with Gasteiger partial charge in [-0.2, -0.15) is 0 Å². The Morgan fingerprint density at radius 2 is 1.96 bits per heavy atom. The molecule has 1 aromatic carbocycles. The number of hydrogen-bond acceptors (Lipinski definition) is 4. The lowest BCUT2D eigenvalue weighted by molar-refractivity contribution is -0.0480. The van der Waals surface area contributed by atoms with Gasteiger partial charge in [-0.1, -0.05) is 0 Å². The van der Waals surface area contributed by atoms with Crippen LogP contribution in [0.15, 0.2) is 18.2 Å². The Kier molecular flexibility index (Phi) is 4.79. The number of rotatable bonds is 2. The second-order valence-electron chi connectivity index (χ2n) is 8.00. The monoisotopic (exact) mass is 351 g/mol. The molecule has 3 heterocycles. The lowest BCUT2D eigenvalue weighted by Gasteiger charge is -2.39. The van der Waals surface area contributed by atoms with Gasteiger partial charge >= 0.3 is 0 Å². The first-order valence-electron chi connectivity index (χ1n) is 9.26. The maximum atomic E-state index is 14.0. The molecule has 0 saturated carbocycles. The highest BCUT2D eigenvalue weighted by Gasteiger charge is 2.41. The maximum Gasteiger partial charge on any atom is 0.129 e. The van der Waals surface area contributed by atoms with Gasteiger partial charge in [0.25, 0.3) is 0 Å². The molecule has 0 amide bonds. The van der Waals surface area contributed by atoms with Gasteiger partial charge in [-0.15, -0.1) is 0 Å². The number of benzene rings is 1. The molecule has 4 nitrogen and oxygen atoms in total. The van der Waals surface area contributed by atoms with E-state index in [1.165, 1.54) is 19.0 Å². The number of piperidine rings is 1. The molecule has 0 spiro atoms. The molecule has 5 atom stereocenters. The van der Waals surface area contributed by atoms with Crippen molar-refractivity contribution in [2.24, 2.45) is 17.6 Å². The van der Waals surface area contributed by atoms with Crippen molar-refractivity contribution in [1.82, 2.24) is 9.80 Å². The van der Waals surface area contributed by atoms with Gasteiger partial charge in [-0.05, 0) is 56.5 Å². The second kappa shape index (κ2) is 6.91. The van der Waals surface area contributed by atoms with E-state index in [9.17, 15) is 8.78 Å². The summed E-state index contributed by atoms with van der Waals surface area (Å²) in [5, 5.41) is 0. The van der Waals surface area contributed by atoms with Crippen molar-refractivity contribution in [1.29, 1.82) is 0 Å². The van der Waals surface area contributed by atoms with Gasteiger partial charge in [0, 0.05) is 37.3 Å². The van der Waals surface area contributed by atoms with Crippen molar-refractivity contribution in [2.75, 3.05) is 39.8 Å². The summed E-state index contributed by atoms with van der Waals surface area (Å²) in [7, 11) is 2.19. The van der Waals surface area contributed by atoms with Crippen molar-refractivity contribution in [3.05, 3.63) is 35.4 Å². The number of nitrogens with zero attached hydrogens (tertiary/aromatic N) is 2. The van der Waals surface area contributed by atoms with Gasteiger partial charge in [0.05, 0.1) is 6.61 Å². The summed E-state index contributed by atoms with van der Waals surface area (Å²) in [6, 6.07) is 3.44. The lowest BCUT2D eigenvalue weighted by Crippen LogP contribution is -2.48. The van der Waals surface area contributed by atoms with Crippen LogP contribution in [0.1, 0.15) is 24.5 Å². The van der Waals surface area contributed by atoms with E-state index in [4.69, 9.17) is 10.5 Å². The molecule has 1 aromatic rings. The first-order chi connectivity index (χ1) is 12.0. The van der Waals surface area contributed by atoms with Crippen LogP contribution in [0.3, 0.4) is 0 Å². The molecular formula is C19H27F2N3O. The highest BCUT2D eigenvalue weighted by Crippen LogP contribution is 2.36. The van der Waals surface area contributed by atoms with Crippen molar-refractivity contribution in [3.63, 3.8) is 0 Å². The molecule has 138 valence electrons. The second-order valence-corrected chi connectivity index (χ2v) is 8.00. The molecule has 2 N–H and O–H groups in total. The van der Waals surface area contributed by atoms with Gasteiger partial charge in [0.2, 0.25) is 0 Å². The smallest absolute Gasteiger partial charge is 0.129 e. The van der Waals surface area contributed by atoms with Crippen molar-refractivity contribution >= 4 is 0 Å². The summed E-state index contributed by atoms with van der Waals surface area (Å²) in [6.45, 7) is 5.07. The standard InChI is InChI=1S/C19H27F2N3O/c1-23-5-4-12-9-24(10-13(12)8-23)15-7-18(22)19(25-11-15)16-6-14(20)2-3-17(16)21/h2-3,6,12-13,15,18-19H,4-5,7-11,22H2,1H3. The Hall–Kier alpha value is -1.08. The predicted octanol–water partition coefficient (Wildman–Crippen LogP) is 2.01. The predicted molar refractivity (Wildman–Crippen MR) is 92.1 cm³/mol. The summed E-state index contributed by atoms with van der Waals surface area (Å²) in [5.41, 5.74) is 6.55. The molecule has 25 heavy (non-hydrogen) atoms. The fourth-order valence-electron chi connectivity index (χ4n) is 4.84. The number of likely N-dealkylation sites (tertiary alicyclic amines) is 2. The molecule has 0 radical (unpaired) electrons. The summed E-state index contributed by atoms with van der Waals surface area (Å²) in [4.78, 5) is 4.92. The Bertz CT molecular complexity index is 629. The van der Waals surface area contributed by atoms with Crippen LogP contribution >= 0.6 is 0 Å². The normalized spacial score (nSPS) is 37.2. The topological polar surface area (TPSA) is 41.7 Å². The zero-order valence-corrected chi connectivity index (χ0v) is 14.7. The number of fused-ring (bicyclic) bond motifs is 1. The summed E-state index contributed by atoms with van der Waals surface area (Å²) < 4.78 is 33.5. The van der Waals surface area contributed by atoms with E-state index < -0.39 is 17.7 Å². The average molecular weight is 351 g/mol. The number of hydrogen-bond donors (Lipinski definition) is 1. The minimum absolute atomic E-state index is 0.239. The quantitative estimate of drug-likeness (QED) is 0.885. The molecule has 0 aliphatic carbocycles. The van der Waals surface area contributed by atoms with E-state index in [2.05, 4.69) is 16.8 Å². The number of ether oxygens (including phenoxy) is 1. The van der Waals surface area contributed by atoms with Crippen LogP contribution in [0, 0.1) is 23.5 Å². The number of halogens is 2. The van der Waals surface area contributed by atoms with E-state index in [0.717, 1.165) is 50.0 Å². The third-order valence-electron chi connectivity index (χ3n) is 6.21. The van der Waals surface area contributed by atoms with E-state index in [1.807, 2.05) is 0 Å². The van der Waals surface area contributed by atoms with Crippen LogP contribution in [0.5, 0.6) is 0 Å². The Labute approximate surface area is 147 Å². The molecule has 6 heteroatoms. The van der Waals surface area contributed by atoms with E-state index in [1.54, 1.807) is 0 Å². The van der Waals surface area contributed by atoms with Crippen LogP contribution in [-0.2, 0) is 4.74 Å². The summed E-state index contributed by atoms with van der Waals surface area (Å²) in [5.74, 6) is 0.594. The lowest BCUT2D eigenvalue weighted by atomic mass is 9.89. The largest absolute Gasteiger partial charge is 0.370 e. The van der Waals surface area contributed by atoms with Gasteiger partial charge in [0.15, 0.2) is 0 Å². The van der Waals surface area contributed by atoms with E-state index in [0.29, 0.717) is 6.61 Å². The molecule has 3 fully saturated rings. The third kappa shape index (κ3) is 3.45. The first kappa shape index (κ1) is 17.3. The van der Waals surface area contributed by atoms with Crippen molar-refractivity contribution in [3.8, 4) is 0 Å². The minimum atomic E-state index is -0.567. The van der Waals surface area contributed by atoms with Crippen molar-refractivity contribution < 1.29 is 13.5 Å². The summed E-state index contributed by atoms with van der Waals surface area (Å²) in [6.07, 6.45) is 1.45. The van der Waals surface area contributed by atoms with E-state index >= 15 is 0 Å². The van der Waals surface area contributed by atoms with Crippen molar-refractivity contribution in [2.45, 2.75) is 31.0 Å². The SMILES string of the molecule is CN1CCC2CN(C3COC(c4cc(F)ccc4F)C(N)C3)CC2C1. The summed E-state index contributed by atoms with van der Waals surface area (Å²) >= 11 is 0.